The van der Waals surface area contributed by atoms with Gasteiger partial charge in [0.15, 0.2) is 18.1 Å². The van der Waals surface area contributed by atoms with E-state index < -0.39 is 11.8 Å². The number of methoxy groups -OCH3 is 2. The third-order valence-electron chi connectivity index (χ3n) is 3.62. The second kappa shape index (κ2) is 10.3. The highest BCUT2D eigenvalue weighted by atomic mass is 79.9. The fourth-order valence-corrected chi connectivity index (χ4v) is 2.56. The summed E-state index contributed by atoms with van der Waals surface area (Å²) in [5.74, 6) is -1.09. The minimum absolute atomic E-state index is 0.137. The first-order chi connectivity index (χ1) is 13.8. The van der Waals surface area contributed by atoms with Crippen LogP contribution in [-0.4, -0.2) is 45.1 Å². The van der Waals surface area contributed by atoms with Gasteiger partial charge in [-0.3, -0.25) is 14.4 Å². The summed E-state index contributed by atoms with van der Waals surface area (Å²) in [6.45, 7) is -0.617. The standard InChI is InChI=1S/C19H20BrN3O6/c1-27-14-7-11(8-15(28-2)18(14)29-10-16(21)24)19(26)22-9-17(25)23-13-5-3-12(20)4-6-13/h3-8H,9-10H2,1-2H3,(H2,21,24)(H,22,26)(H,23,25). The minimum Gasteiger partial charge on any atom is -0.493 e. The highest BCUT2D eigenvalue weighted by Gasteiger charge is 2.18. The molecule has 0 aliphatic carbocycles. The molecule has 4 N–H and O–H groups in total. The fourth-order valence-electron chi connectivity index (χ4n) is 2.30. The van der Waals surface area contributed by atoms with E-state index in [0.717, 1.165) is 4.47 Å². The van der Waals surface area contributed by atoms with Gasteiger partial charge in [0.1, 0.15) is 0 Å². The van der Waals surface area contributed by atoms with Gasteiger partial charge in [0, 0.05) is 15.7 Å². The van der Waals surface area contributed by atoms with Crippen molar-refractivity contribution in [1.82, 2.24) is 5.32 Å². The Kier molecular flexibility index (Phi) is 7.84. The topological polar surface area (TPSA) is 129 Å². The molecule has 0 atom stereocenters. The van der Waals surface area contributed by atoms with Crippen LogP contribution >= 0.6 is 15.9 Å². The molecule has 0 fully saturated rings. The van der Waals surface area contributed by atoms with Gasteiger partial charge in [0.05, 0.1) is 20.8 Å². The van der Waals surface area contributed by atoms with E-state index in [1.807, 2.05) is 0 Å². The summed E-state index contributed by atoms with van der Waals surface area (Å²) in [5, 5.41) is 5.19. The van der Waals surface area contributed by atoms with Gasteiger partial charge in [-0.25, -0.2) is 0 Å². The third kappa shape index (κ3) is 6.39. The van der Waals surface area contributed by atoms with Crippen molar-refractivity contribution in [3.63, 3.8) is 0 Å². The maximum absolute atomic E-state index is 12.4. The number of amides is 3. The number of hydrogen-bond donors (Lipinski definition) is 3. The van der Waals surface area contributed by atoms with Crippen molar-refractivity contribution in [2.45, 2.75) is 0 Å². The quantitative estimate of drug-likeness (QED) is 0.516. The lowest BCUT2D eigenvalue weighted by Crippen LogP contribution is -2.32. The minimum atomic E-state index is -0.673. The summed E-state index contributed by atoms with van der Waals surface area (Å²) < 4.78 is 16.6. The van der Waals surface area contributed by atoms with Crippen LogP contribution in [0.5, 0.6) is 17.2 Å². The maximum atomic E-state index is 12.4. The summed E-state index contributed by atoms with van der Waals surface area (Å²) in [5.41, 5.74) is 5.87. The van der Waals surface area contributed by atoms with Crippen LogP contribution in [0.25, 0.3) is 0 Å². The van der Waals surface area contributed by atoms with Crippen molar-refractivity contribution < 1.29 is 28.6 Å². The zero-order chi connectivity index (χ0) is 21.4. The number of nitrogens with one attached hydrogen (secondary N) is 2. The molecule has 0 heterocycles. The lowest BCUT2D eigenvalue weighted by Gasteiger charge is -2.15. The predicted molar refractivity (Wildman–Crippen MR) is 109 cm³/mol. The van der Waals surface area contributed by atoms with E-state index in [9.17, 15) is 14.4 Å². The second-order valence-corrected chi connectivity index (χ2v) is 6.62. The van der Waals surface area contributed by atoms with Crippen LogP contribution in [0.3, 0.4) is 0 Å². The smallest absolute Gasteiger partial charge is 0.255 e. The average Bonchev–Trinajstić information content (AvgIpc) is 2.71. The Labute approximate surface area is 175 Å². The van der Waals surface area contributed by atoms with Gasteiger partial charge in [-0.05, 0) is 36.4 Å². The molecular formula is C19H20BrN3O6. The molecule has 9 nitrogen and oxygen atoms in total. The van der Waals surface area contributed by atoms with E-state index >= 15 is 0 Å². The Morgan fingerprint density at radius 2 is 1.62 bits per heavy atom. The van der Waals surface area contributed by atoms with E-state index in [2.05, 4.69) is 26.6 Å². The Morgan fingerprint density at radius 3 is 2.14 bits per heavy atom. The molecule has 0 radical (unpaired) electrons. The molecular weight excluding hydrogens is 446 g/mol. The van der Waals surface area contributed by atoms with Crippen molar-refractivity contribution >= 4 is 39.3 Å². The van der Waals surface area contributed by atoms with Gasteiger partial charge in [0.25, 0.3) is 11.8 Å². The lowest BCUT2D eigenvalue weighted by molar-refractivity contribution is -0.120. The maximum Gasteiger partial charge on any atom is 0.255 e. The molecule has 0 unspecified atom stereocenters. The zero-order valence-corrected chi connectivity index (χ0v) is 17.4. The normalized spacial score (nSPS) is 10.0. The number of ether oxygens (including phenoxy) is 3. The summed E-state index contributed by atoms with van der Waals surface area (Å²) in [6.07, 6.45) is 0. The molecule has 2 rings (SSSR count). The number of halogens is 1. The van der Waals surface area contributed by atoms with E-state index in [-0.39, 0.29) is 41.9 Å². The first kappa shape index (κ1) is 22.0. The van der Waals surface area contributed by atoms with Crippen LogP contribution in [0.15, 0.2) is 40.9 Å². The Morgan fingerprint density at radius 1 is 1.03 bits per heavy atom. The summed E-state index contributed by atoms with van der Waals surface area (Å²) in [4.78, 5) is 35.4. The molecule has 10 heteroatoms. The number of carbonyl (C=O) groups excluding carboxylic acids is 3. The molecule has 154 valence electrons. The SMILES string of the molecule is COc1cc(C(=O)NCC(=O)Nc2ccc(Br)cc2)cc(OC)c1OCC(N)=O. The van der Waals surface area contributed by atoms with Crippen molar-refractivity contribution in [3.05, 3.63) is 46.4 Å². The van der Waals surface area contributed by atoms with E-state index in [1.54, 1.807) is 24.3 Å². The van der Waals surface area contributed by atoms with E-state index in [4.69, 9.17) is 19.9 Å². The van der Waals surface area contributed by atoms with Crippen LogP contribution in [-0.2, 0) is 9.59 Å². The molecule has 0 spiro atoms. The van der Waals surface area contributed by atoms with Crippen LogP contribution < -0.4 is 30.6 Å². The van der Waals surface area contributed by atoms with Gasteiger partial charge in [-0.2, -0.15) is 0 Å². The van der Waals surface area contributed by atoms with E-state index in [1.165, 1.54) is 26.4 Å². The fraction of sp³-hybridized carbons (Fsp3) is 0.211. The van der Waals surface area contributed by atoms with Crippen molar-refractivity contribution in [2.24, 2.45) is 5.73 Å². The molecule has 0 aromatic heterocycles. The average molecular weight is 466 g/mol. The Balaban J connectivity index is 2.06. The molecule has 0 bridgehead atoms. The first-order valence-electron chi connectivity index (χ1n) is 8.34. The lowest BCUT2D eigenvalue weighted by atomic mass is 10.1. The highest BCUT2D eigenvalue weighted by molar-refractivity contribution is 9.10. The largest absolute Gasteiger partial charge is 0.493 e. The number of hydrogen-bond acceptors (Lipinski definition) is 6. The molecule has 29 heavy (non-hydrogen) atoms. The van der Waals surface area contributed by atoms with Crippen LogP contribution in [0.4, 0.5) is 5.69 Å². The number of carbonyl (C=O) groups is 3. The number of rotatable bonds is 9. The van der Waals surface area contributed by atoms with Crippen molar-refractivity contribution in [1.29, 1.82) is 0 Å². The number of primary amides is 1. The van der Waals surface area contributed by atoms with Crippen LogP contribution in [0.2, 0.25) is 0 Å². The summed E-state index contributed by atoms with van der Waals surface area (Å²) >= 11 is 3.31. The Bertz CT molecular complexity index is 876. The van der Waals surface area contributed by atoms with Crippen LogP contribution in [0, 0.1) is 0 Å². The molecule has 0 saturated heterocycles. The van der Waals surface area contributed by atoms with Gasteiger partial charge in [0.2, 0.25) is 11.7 Å². The monoisotopic (exact) mass is 465 g/mol. The molecule has 0 aliphatic rings. The first-order valence-corrected chi connectivity index (χ1v) is 9.14. The number of nitrogens with two attached hydrogens (primary N) is 1. The Hall–Kier alpha value is -3.27. The molecule has 2 aromatic carbocycles. The molecule has 2 aromatic rings. The predicted octanol–water partition coefficient (Wildman–Crippen LogP) is 1.70. The summed E-state index contributed by atoms with van der Waals surface area (Å²) in [6, 6.07) is 9.83. The van der Waals surface area contributed by atoms with Gasteiger partial charge >= 0.3 is 0 Å². The number of benzene rings is 2. The molecule has 0 aliphatic heterocycles. The van der Waals surface area contributed by atoms with Crippen molar-refractivity contribution in [3.8, 4) is 17.2 Å². The second-order valence-electron chi connectivity index (χ2n) is 5.70. The van der Waals surface area contributed by atoms with Crippen molar-refractivity contribution in [2.75, 3.05) is 32.7 Å². The van der Waals surface area contributed by atoms with Gasteiger partial charge in [-0.1, -0.05) is 15.9 Å². The number of anilines is 1. The highest BCUT2D eigenvalue weighted by Crippen LogP contribution is 2.38. The van der Waals surface area contributed by atoms with Gasteiger partial charge < -0.3 is 30.6 Å². The van der Waals surface area contributed by atoms with E-state index in [0.29, 0.717) is 5.69 Å². The molecule has 3 amide bonds. The zero-order valence-electron chi connectivity index (χ0n) is 15.8. The summed E-state index contributed by atoms with van der Waals surface area (Å²) in [7, 11) is 2.75. The van der Waals surface area contributed by atoms with Gasteiger partial charge in [-0.15, -0.1) is 0 Å². The van der Waals surface area contributed by atoms with Crippen LogP contribution in [0.1, 0.15) is 10.4 Å². The third-order valence-corrected chi connectivity index (χ3v) is 4.15. The molecule has 0 saturated carbocycles.